The molecule has 1 aromatic heterocycles. The Labute approximate surface area is 174 Å². The van der Waals surface area contributed by atoms with Crippen molar-refractivity contribution >= 4 is 28.5 Å². The summed E-state index contributed by atoms with van der Waals surface area (Å²) < 4.78 is 22.4. The Morgan fingerprint density at radius 3 is 2.17 bits per heavy atom. The number of carbonyl (C=O) groups excluding carboxylic acids is 2. The second-order valence-electron chi connectivity index (χ2n) is 6.56. The van der Waals surface area contributed by atoms with Crippen molar-refractivity contribution in [1.82, 2.24) is 4.57 Å². The van der Waals surface area contributed by atoms with Gasteiger partial charge in [-0.15, -0.1) is 0 Å². The third-order valence-electron chi connectivity index (χ3n) is 4.75. The number of hydrogen-bond acceptors (Lipinski definition) is 7. The molecular weight excluding hydrogens is 388 g/mol. The Kier molecular flexibility index (Phi) is 5.86. The monoisotopic (exact) mass is 412 g/mol. The van der Waals surface area contributed by atoms with Crippen molar-refractivity contribution in [1.29, 1.82) is 0 Å². The minimum atomic E-state index is -0.682. The third-order valence-corrected chi connectivity index (χ3v) is 4.75. The summed E-state index contributed by atoms with van der Waals surface area (Å²) in [6, 6.07) is 8.44. The maximum atomic E-state index is 13.5. The topological polar surface area (TPSA) is 102 Å². The molecule has 0 atom stereocenters. The van der Waals surface area contributed by atoms with Crippen molar-refractivity contribution in [2.45, 2.75) is 13.8 Å². The van der Waals surface area contributed by atoms with Gasteiger partial charge in [0.05, 0.1) is 39.1 Å². The van der Waals surface area contributed by atoms with Gasteiger partial charge in [-0.3, -0.25) is 4.79 Å². The zero-order chi connectivity index (χ0) is 22.0. The molecule has 1 heterocycles. The molecule has 0 spiro atoms. The molecule has 0 aliphatic rings. The molecular formula is C22H24N2O6. The summed E-state index contributed by atoms with van der Waals surface area (Å²) in [7, 11) is 4.39. The number of nitrogens with two attached hydrogens (primary N) is 1. The van der Waals surface area contributed by atoms with Gasteiger partial charge in [0.1, 0.15) is 5.69 Å². The van der Waals surface area contributed by atoms with Crippen LogP contribution in [-0.2, 0) is 4.74 Å². The van der Waals surface area contributed by atoms with Crippen LogP contribution in [0, 0.1) is 6.92 Å². The molecule has 0 bridgehead atoms. The van der Waals surface area contributed by atoms with Crippen LogP contribution in [0.1, 0.15) is 28.5 Å². The number of fused-ring (bicyclic) bond motifs is 1. The Morgan fingerprint density at radius 2 is 1.63 bits per heavy atom. The minimum Gasteiger partial charge on any atom is -0.493 e. The van der Waals surface area contributed by atoms with E-state index in [-0.39, 0.29) is 23.6 Å². The quantitative estimate of drug-likeness (QED) is 0.615. The normalized spacial score (nSPS) is 10.7. The average molecular weight is 412 g/mol. The molecule has 30 heavy (non-hydrogen) atoms. The van der Waals surface area contributed by atoms with Crippen molar-refractivity contribution in [3.63, 3.8) is 0 Å². The maximum Gasteiger partial charge on any atom is 0.419 e. The lowest BCUT2D eigenvalue weighted by Crippen LogP contribution is -2.20. The summed E-state index contributed by atoms with van der Waals surface area (Å²) in [6.45, 7) is 3.75. The van der Waals surface area contributed by atoms with Gasteiger partial charge in [-0.1, -0.05) is 11.6 Å². The number of carbonyl (C=O) groups is 2. The molecule has 3 aromatic rings. The van der Waals surface area contributed by atoms with Gasteiger partial charge in [-0.2, -0.15) is 0 Å². The van der Waals surface area contributed by atoms with E-state index < -0.39 is 11.9 Å². The fraction of sp³-hybridized carbons (Fsp3) is 0.273. The van der Waals surface area contributed by atoms with Crippen LogP contribution in [0.25, 0.3) is 10.9 Å². The number of hydrogen-bond donors (Lipinski definition) is 1. The highest BCUT2D eigenvalue weighted by atomic mass is 16.5. The SMILES string of the molecule is CCOC(=O)n1c(C(=O)c2cc(OC)c(OC)c(OC)c2)c(N)c2cc(C)ccc21. The van der Waals surface area contributed by atoms with E-state index in [1.54, 1.807) is 13.0 Å². The van der Waals surface area contributed by atoms with Gasteiger partial charge < -0.3 is 24.7 Å². The number of aryl methyl sites for hydroxylation is 1. The Balaban J connectivity index is 2.28. The van der Waals surface area contributed by atoms with Crippen molar-refractivity contribution in [3.8, 4) is 17.2 Å². The predicted molar refractivity (Wildman–Crippen MR) is 113 cm³/mol. The highest BCUT2D eigenvalue weighted by molar-refractivity contribution is 6.19. The summed E-state index contributed by atoms with van der Waals surface area (Å²) in [4.78, 5) is 26.3. The van der Waals surface area contributed by atoms with E-state index in [2.05, 4.69) is 0 Å². The minimum absolute atomic E-state index is 0.0170. The molecule has 2 N–H and O–H groups in total. The summed E-state index contributed by atoms with van der Waals surface area (Å²) in [6.07, 6.45) is -0.682. The first-order valence-electron chi connectivity index (χ1n) is 9.30. The van der Waals surface area contributed by atoms with Crippen LogP contribution in [0.4, 0.5) is 10.5 Å². The van der Waals surface area contributed by atoms with Gasteiger partial charge >= 0.3 is 6.09 Å². The maximum absolute atomic E-state index is 13.5. The predicted octanol–water partition coefficient (Wildman–Crippen LogP) is 3.79. The van der Waals surface area contributed by atoms with Crippen molar-refractivity contribution < 1.29 is 28.5 Å². The van der Waals surface area contributed by atoms with Crippen LogP contribution in [0.5, 0.6) is 17.2 Å². The smallest absolute Gasteiger partial charge is 0.419 e. The van der Waals surface area contributed by atoms with E-state index in [0.717, 1.165) is 5.56 Å². The number of rotatable bonds is 6. The third kappa shape index (κ3) is 3.41. The number of aromatic nitrogens is 1. The van der Waals surface area contributed by atoms with Gasteiger partial charge in [0.25, 0.3) is 0 Å². The van der Waals surface area contributed by atoms with Crippen molar-refractivity contribution in [3.05, 3.63) is 47.2 Å². The molecule has 2 aromatic carbocycles. The molecule has 0 saturated heterocycles. The molecule has 158 valence electrons. The first kappa shape index (κ1) is 21.0. The molecule has 0 amide bonds. The Bertz CT molecular complexity index is 1110. The molecule has 0 fully saturated rings. The summed E-state index contributed by atoms with van der Waals surface area (Å²) in [5, 5.41) is 0.596. The van der Waals surface area contributed by atoms with E-state index in [1.165, 1.54) is 38.0 Å². The zero-order valence-corrected chi connectivity index (χ0v) is 17.6. The fourth-order valence-electron chi connectivity index (χ4n) is 3.38. The van der Waals surface area contributed by atoms with E-state index in [4.69, 9.17) is 24.7 Å². The molecule has 0 unspecified atom stereocenters. The largest absolute Gasteiger partial charge is 0.493 e. The number of ketones is 1. The van der Waals surface area contributed by atoms with Crippen LogP contribution < -0.4 is 19.9 Å². The van der Waals surface area contributed by atoms with E-state index in [0.29, 0.717) is 28.2 Å². The number of methoxy groups -OCH3 is 3. The highest BCUT2D eigenvalue weighted by Gasteiger charge is 2.28. The summed E-state index contributed by atoms with van der Waals surface area (Å²) in [5.41, 5.74) is 8.22. The lowest BCUT2D eigenvalue weighted by Gasteiger charge is -2.14. The second kappa shape index (κ2) is 8.36. The second-order valence-corrected chi connectivity index (χ2v) is 6.56. The van der Waals surface area contributed by atoms with Crippen LogP contribution in [0.2, 0.25) is 0 Å². The number of benzene rings is 2. The van der Waals surface area contributed by atoms with Gasteiger partial charge in [0.2, 0.25) is 11.5 Å². The van der Waals surface area contributed by atoms with Crippen molar-refractivity contribution in [2.24, 2.45) is 0 Å². The van der Waals surface area contributed by atoms with Gasteiger partial charge in [-0.25, -0.2) is 9.36 Å². The van der Waals surface area contributed by atoms with E-state index in [9.17, 15) is 9.59 Å². The van der Waals surface area contributed by atoms with Crippen LogP contribution in [0.15, 0.2) is 30.3 Å². The number of nitrogens with zero attached hydrogens (tertiary/aromatic N) is 1. The Morgan fingerprint density at radius 1 is 1.00 bits per heavy atom. The van der Waals surface area contributed by atoms with Crippen LogP contribution in [-0.4, -0.2) is 44.4 Å². The van der Waals surface area contributed by atoms with Crippen LogP contribution in [0.3, 0.4) is 0 Å². The Hall–Kier alpha value is -3.68. The molecule has 0 saturated carbocycles. The highest BCUT2D eigenvalue weighted by Crippen LogP contribution is 2.40. The molecule has 8 nitrogen and oxygen atoms in total. The van der Waals surface area contributed by atoms with Gasteiger partial charge in [-0.05, 0) is 38.1 Å². The fourth-order valence-corrected chi connectivity index (χ4v) is 3.38. The van der Waals surface area contributed by atoms with Crippen LogP contribution >= 0.6 is 0 Å². The molecule has 8 heteroatoms. The first-order chi connectivity index (χ1) is 14.4. The first-order valence-corrected chi connectivity index (χ1v) is 9.30. The number of ether oxygens (including phenoxy) is 4. The van der Waals surface area contributed by atoms with Gasteiger partial charge in [0.15, 0.2) is 11.5 Å². The summed E-state index contributed by atoms with van der Waals surface area (Å²) >= 11 is 0. The van der Waals surface area contributed by atoms with Crippen molar-refractivity contribution in [2.75, 3.05) is 33.7 Å². The molecule has 0 aliphatic heterocycles. The van der Waals surface area contributed by atoms with Gasteiger partial charge in [0, 0.05) is 10.9 Å². The summed E-state index contributed by atoms with van der Waals surface area (Å²) in [5.74, 6) is 0.501. The number of nitrogen functional groups attached to an aromatic ring is 1. The molecule has 0 radical (unpaired) electrons. The lowest BCUT2D eigenvalue weighted by molar-refractivity contribution is 0.102. The number of anilines is 1. The molecule has 3 rings (SSSR count). The standard InChI is InChI=1S/C22H24N2O6/c1-6-30-22(26)24-15-8-7-12(2)9-14(15)18(23)19(24)20(25)13-10-16(27-3)21(29-5)17(11-13)28-4/h7-11H,6,23H2,1-5H3. The lowest BCUT2D eigenvalue weighted by atomic mass is 10.0. The average Bonchev–Trinajstić information content (AvgIpc) is 3.04. The zero-order valence-electron chi connectivity index (χ0n) is 17.6. The molecule has 0 aliphatic carbocycles. The van der Waals surface area contributed by atoms with E-state index >= 15 is 0 Å². The van der Waals surface area contributed by atoms with E-state index in [1.807, 2.05) is 19.1 Å².